The van der Waals surface area contributed by atoms with Gasteiger partial charge in [0.25, 0.3) is 10.9 Å². The van der Waals surface area contributed by atoms with Crippen molar-refractivity contribution in [2.24, 2.45) is 0 Å². The summed E-state index contributed by atoms with van der Waals surface area (Å²) < 4.78 is 29.2. The molecule has 0 unspecified atom stereocenters. The average Bonchev–Trinajstić information content (AvgIpc) is 3.73. The lowest BCUT2D eigenvalue weighted by Crippen LogP contribution is -2.50. The minimum absolute atomic E-state index is 0.0111. The maximum absolute atomic E-state index is 13.5. The molecule has 12 heteroatoms. The Labute approximate surface area is 247 Å². The molecule has 0 spiro atoms. The number of anilines is 3. The van der Waals surface area contributed by atoms with Crippen molar-refractivity contribution in [3.05, 3.63) is 59.0 Å². The van der Waals surface area contributed by atoms with Crippen molar-refractivity contribution in [1.29, 1.82) is 5.26 Å². The molecule has 1 atom stereocenters. The molecular weight excluding hydrogens is 558 g/mol. The van der Waals surface area contributed by atoms with E-state index in [1.807, 2.05) is 11.9 Å². The number of amides is 1. The maximum atomic E-state index is 13.5. The van der Waals surface area contributed by atoms with Crippen molar-refractivity contribution in [3.63, 3.8) is 0 Å². The summed E-state index contributed by atoms with van der Waals surface area (Å²) in [7, 11) is 1.94. The number of carbonyl (C=O) groups excluding carboxylic acids is 1. The number of aromatic amines is 1. The van der Waals surface area contributed by atoms with Gasteiger partial charge in [-0.1, -0.05) is 18.3 Å². The van der Waals surface area contributed by atoms with Crippen LogP contribution in [0.2, 0.25) is 0 Å². The van der Waals surface area contributed by atoms with E-state index in [1.54, 1.807) is 17.0 Å². The average molecular weight is 592 g/mol. The van der Waals surface area contributed by atoms with E-state index in [4.69, 9.17) is 4.98 Å². The fraction of sp³-hybridized carbons (Fsp3) is 0.400. The third-order valence-corrected chi connectivity index (χ3v) is 9.12. The summed E-state index contributed by atoms with van der Waals surface area (Å²) in [4.78, 5) is 29.5. The molecule has 1 amide bonds. The van der Waals surface area contributed by atoms with Gasteiger partial charge in [0.1, 0.15) is 34.3 Å². The Morgan fingerprint density at radius 3 is 2.62 bits per heavy atom. The van der Waals surface area contributed by atoms with Crippen LogP contribution in [0.4, 0.5) is 25.4 Å². The Balaban J connectivity index is 1.22. The molecule has 1 N–H and O–H groups in total. The van der Waals surface area contributed by atoms with E-state index >= 15 is 0 Å². The van der Waals surface area contributed by atoms with Gasteiger partial charge in [0.15, 0.2) is 0 Å². The van der Waals surface area contributed by atoms with Gasteiger partial charge in [-0.3, -0.25) is 14.7 Å². The first-order valence-corrected chi connectivity index (χ1v) is 15.0. The van der Waals surface area contributed by atoms with Gasteiger partial charge in [-0.2, -0.15) is 5.26 Å². The molecule has 2 fully saturated rings. The van der Waals surface area contributed by atoms with Crippen LogP contribution in [0.25, 0.3) is 16.9 Å². The van der Waals surface area contributed by atoms with Crippen LogP contribution in [0.1, 0.15) is 23.9 Å². The summed E-state index contributed by atoms with van der Waals surface area (Å²) in [6.45, 7) is 6.21. The minimum atomic E-state index is -0.898. The zero-order valence-electron chi connectivity index (χ0n) is 23.7. The van der Waals surface area contributed by atoms with Crippen molar-refractivity contribution >= 4 is 39.5 Å². The number of halogens is 2. The highest BCUT2D eigenvalue weighted by Gasteiger charge is 2.30. The van der Waals surface area contributed by atoms with E-state index in [0.717, 1.165) is 55.4 Å². The number of hydrogen-bond donors (Lipinski definition) is 1. The van der Waals surface area contributed by atoms with Crippen molar-refractivity contribution in [1.82, 2.24) is 19.8 Å². The number of alkyl halides is 1. The van der Waals surface area contributed by atoms with Crippen molar-refractivity contribution < 1.29 is 18.0 Å². The predicted octanol–water partition coefficient (Wildman–Crippen LogP) is 3.91. The molecule has 42 heavy (non-hydrogen) atoms. The third kappa shape index (κ3) is 5.42. The predicted molar refractivity (Wildman–Crippen MR) is 158 cm³/mol. The second kappa shape index (κ2) is 11.7. The summed E-state index contributed by atoms with van der Waals surface area (Å²) in [6.07, 6.45) is 2.42. The number of imidazole rings is 1. The molecule has 0 radical (unpaired) electrons. The second-order valence-electron chi connectivity index (χ2n) is 10.8. The van der Waals surface area contributed by atoms with Gasteiger partial charge in [0, 0.05) is 50.8 Å². The van der Waals surface area contributed by atoms with E-state index < -0.39 is 6.17 Å². The Bertz CT molecular complexity index is 1640. The number of nitriles is 1. The molecule has 0 bridgehead atoms. The van der Waals surface area contributed by atoms with E-state index in [0.29, 0.717) is 40.8 Å². The number of aryl methyl sites for hydroxylation is 1. The van der Waals surface area contributed by atoms with Crippen LogP contribution < -0.4 is 14.2 Å². The number of rotatable bonds is 7. The monoisotopic (exact) mass is 591 g/mol. The number of piperazine rings is 1. The highest BCUT2D eigenvalue weighted by atomic mass is 32.1. The van der Waals surface area contributed by atoms with Gasteiger partial charge in [0.2, 0.25) is 11.6 Å². The first-order valence-electron chi connectivity index (χ1n) is 14.2. The highest BCUT2D eigenvalue weighted by Crippen LogP contribution is 2.35. The summed E-state index contributed by atoms with van der Waals surface area (Å²) >= 11 is 1.30. The zero-order chi connectivity index (χ0) is 29.4. The number of thiazole rings is 1. The molecule has 0 aliphatic carbocycles. The Hall–Kier alpha value is -4.08. The second-order valence-corrected chi connectivity index (χ2v) is 11.7. The fourth-order valence-corrected chi connectivity index (χ4v) is 6.59. The summed E-state index contributed by atoms with van der Waals surface area (Å²) in [5.74, 6) is 0.605. The number of nitrogens with one attached hydrogen (secondary N) is 1. The molecule has 6 rings (SSSR count). The lowest BCUT2D eigenvalue weighted by molar-refractivity contribution is -0.495. The van der Waals surface area contributed by atoms with Gasteiger partial charge in [-0.15, -0.1) is 0 Å². The van der Waals surface area contributed by atoms with Crippen molar-refractivity contribution in [2.45, 2.75) is 25.9 Å². The first-order chi connectivity index (χ1) is 20.3. The first kappa shape index (κ1) is 28.1. The quantitative estimate of drug-likeness (QED) is 0.328. The number of carbonyl (C=O) groups is 1. The largest absolute Gasteiger partial charge is 0.367 e. The summed E-state index contributed by atoms with van der Waals surface area (Å²) in [6, 6.07) is 12.4. The summed E-state index contributed by atoms with van der Waals surface area (Å²) in [5, 5.41) is 10.5. The fourth-order valence-electron chi connectivity index (χ4n) is 5.74. The van der Waals surface area contributed by atoms with Gasteiger partial charge < -0.3 is 9.80 Å². The number of aromatic nitrogens is 3. The van der Waals surface area contributed by atoms with Crippen LogP contribution >= 0.6 is 11.3 Å². The molecule has 218 valence electrons. The molecule has 2 aliphatic rings. The van der Waals surface area contributed by atoms with Crippen LogP contribution in [-0.4, -0.2) is 84.7 Å². The van der Waals surface area contributed by atoms with Crippen LogP contribution in [0, 0.1) is 17.1 Å². The lowest BCUT2D eigenvalue weighted by atomic mass is 10.1. The van der Waals surface area contributed by atoms with Crippen LogP contribution in [-0.2, 0) is 11.2 Å². The van der Waals surface area contributed by atoms with E-state index in [1.165, 1.54) is 23.5 Å². The molecule has 2 saturated heterocycles. The number of fused-ring (bicyclic) bond motifs is 1. The SMILES string of the molecule is CCc1[nH]c2ccc(N3CCN(CC(=O)N4CC[C@@H](F)C4)CC3)c[n+]2c1N(C)c1nc(-c2ccc(F)cc2)c(C#N)s1. The van der Waals surface area contributed by atoms with Gasteiger partial charge in [-0.25, -0.2) is 23.1 Å². The molecule has 1 aromatic carbocycles. The standard InChI is InChI=1S/C30H32F2N8OS/c1-3-24-29(36(2)30-35-28(25(16-33)42-30)20-4-6-21(31)7-5-20)40-18-23(8-9-26(40)34-24)38-14-12-37(13-15-38)19-27(41)39-11-10-22(32)17-39/h4-9,18,22H,3,10-15,17,19H2,1-2H3/p+1/t22-/m1/s1. The Morgan fingerprint density at radius 1 is 1.19 bits per heavy atom. The van der Waals surface area contributed by atoms with Crippen LogP contribution in [0.3, 0.4) is 0 Å². The topological polar surface area (TPSA) is 86.6 Å². The molecule has 2 aliphatic heterocycles. The molecule has 4 aromatic rings. The minimum Gasteiger partial charge on any atom is -0.367 e. The Morgan fingerprint density at radius 2 is 1.95 bits per heavy atom. The number of nitrogens with zero attached hydrogens (tertiary/aromatic N) is 7. The smallest absolute Gasteiger partial charge is 0.270 e. The van der Waals surface area contributed by atoms with Crippen LogP contribution in [0.5, 0.6) is 0 Å². The van der Waals surface area contributed by atoms with E-state index in [2.05, 4.69) is 50.5 Å². The summed E-state index contributed by atoms with van der Waals surface area (Å²) in [5.41, 5.74) is 4.28. The molecular formula is C30H33F2N8OS+. The number of benzene rings is 1. The van der Waals surface area contributed by atoms with Gasteiger partial charge >= 0.3 is 0 Å². The maximum Gasteiger partial charge on any atom is 0.270 e. The van der Waals surface area contributed by atoms with Crippen molar-refractivity contribution in [3.8, 4) is 17.3 Å². The normalized spacial score (nSPS) is 17.6. The number of hydrogen-bond acceptors (Lipinski definition) is 7. The molecule has 0 saturated carbocycles. The van der Waals surface area contributed by atoms with Gasteiger partial charge in [0.05, 0.1) is 32.0 Å². The van der Waals surface area contributed by atoms with E-state index in [9.17, 15) is 18.8 Å². The lowest BCUT2D eigenvalue weighted by Gasteiger charge is -2.36. The Kier molecular flexibility index (Phi) is 7.79. The molecule has 5 heterocycles. The van der Waals surface area contributed by atoms with Crippen molar-refractivity contribution in [2.75, 3.05) is 62.7 Å². The van der Waals surface area contributed by atoms with Crippen LogP contribution in [0.15, 0.2) is 42.6 Å². The number of likely N-dealkylation sites (tertiary alicyclic amines) is 1. The third-order valence-electron chi connectivity index (χ3n) is 8.08. The zero-order valence-corrected chi connectivity index (χ0v) is 24.5. The highest BCUT2D eigenvalue weighted by molar-refractivity contribution is 7.16. The number of H-pyrrole nitrogens is 1. The molecule has 9 nitrogen and oxygen atoms in total. The van der Waals surface area contributed by atoms with E-state index in [-0.39, 0.29) is 18.3 Å². The molecule has 3 aromatic heterocycles. The number of pyridine rings is 1. The van der Waals surface area contributed by atoms with Gasteiger partial charge in [-0.05, 0) is 36.8 Å².